The van der Waals surface area contributed by atoms with Crippen molar-refractivity contribution in [2.75, 3.05) is 13.7 Å². The van der Waals surface area contributed by atoms with E-state index in [4.69, 9.17) is 9.26 Å². The van der Waals surface area contributed by atoms with Crippen LogP contribution in [0.2, 0.25) is 0 Å². The third-order valence-corrected chi connectivity index (χ3v) is 3.41. The maximum Gasteiger partial charge on any atom is 0.243 e. The van der Waals surface area contributed by atoms with E-state index in [0.717, 1.165) is 11.3 Å². The topological polar surface area (TPSA) is 80.4 Å². The number of nitrogens with zero attached hydrogens (tertiary/aromatic N) is 2. The van der Waals surface area contributed by atoms with Crippen LogP contribution in [0.1, 0.15) is 29.7 Å². The normalized spacial score (nSPS) is 22.1. The van der Waals surface area contributed by atoms with Crippen LogP contribution in [0.5, 0.6) is 5.75 Å². The Morgan fingerprint density at radius 2 is 2.20 bits per heavy atom. The van der Waals surface area contributed by atoms with Gasteiger partial charge in [-0.15, -0.1) is 0 Å². The second-order valence-corrected chi connectivity index (χ2v) is 4.92. The lowest BCUT2D eigenvalue weighted by atomic mass is 10.1. The standard InChI is InChI=1S/C14H17N3O3/c1-19-11-4-2-9(3-5-11)6-13-16-14(20-17-13)12-7-10(18)8-15-12/h2-5,10,12,15,18H,6-8H2,1H3/t10-,12-/m0/s1. The van der Waals surface area contributed by atoms with Crippen LogP contribution in [0.4, 0.5) is 0 Å². The summed E-state index contributed by atoms with van der Waals surface area (Å²) in [6, 6.07) is 7.73. The predicted molar refractivity (Wildman–Crippen MR) is 71.5 cm³/mol. The van der Waals surface area contributed by atoms with Gasteiger partial charge >= 0.3 is 0 Å². The molecule has 20 heavy (non-hydrogen) atoms. The number of aromatic nitrogens is 2. The van der Waals surface area contributed by atoms with Crippen LogP contribution in [0.15, 0.2) is 28.8 Å². The molecule has 1 aliphatic rings. The molecule has 0 saturated carbocycles. The van der Waals surface area contributed by atoms with E-state index in [1.807, 2.05) is 24.3 Å². The molecule has 3 rings (SSSR count). The fraction of sp³-hybridized carbons (Fsp3) is 0.429. The second kappa shape index (κ2) is 5.60. The molecule has 2 atom stereocenters. The van der Waals surface area contributed by atoms with E-state index in [9.17, 15) is 5.11 Å². The lowest BCUT2D eigenvalue weighted by molar-refractivity contribution is 0.191. The Balaban J connectivity index is 1.67. The molecule has 1 aromatic carbocycles. The number of nitrogens with one attached hydrogen (secondary N) is 1. The van der Waals surface area contributed by atoms with Crippen LogP contribution in [-0.2, 0) is 6.42 Å². The SMILES string of the molecule is COc1ccc(Cc2noc([C@@H]3C[C@H](O)CN3)n2)cc1. The monoisotopic (exact) mass is 275 g/mol. The van der Waals surface area contributed by atoms with Crippen molar-refractivity contribution < 1.29 is 14.4 Å². The van der Waals surface area contributed by atoms with Gasteiger partial charge in [0, 0.05) is 13.0 Å². The minimum Gasteiger partial charge on any atom is -0.497 e. The molecule has 2 heterocycles. The third-order valence-electron chi connectivity index (χ3n) is 3.41. The van der Waals surface area contributed by atoms with Crippen molar-refractivity contribution in [3.63, 3.8) is 0 Å². The van der Waals surface area contributed by atoms with Crippen molar-refractivity contribution in [3.05, 3.63) is 41.5 Å². The van der Waals surface area contributed by atoms with Gasteiger partial charge in [0.05, 0.1) is 19.3 Å². The van der Waals surface area contributed by atoms with E-state index in [0.29, 0.717) is 31.1 Å². The Labute approximate surface area is 116 Å². The van der Waals surface area contributed by atoms with Gasteiger partial charge in [0.2, 0.25) is 5.89 Å². The average molecular weight is 275 g/mol. The average Bonchev–Trinajstić information content (AvgIpc) is 3.09. The zero-order valence-electron chi connectivity index (χ0n) is 11.2. The molecule has 1 aliphatic heterocycles. The van der Waals surface area contributed by atoms with Gasteiger partial charge in [-0.05, 0) is 24.1 Å². The van der Waals surface area contributed by atoms with Crippen molar-refractivity contribution in [2.24, 2.45) is 0 Å². The zero-order chi connectivity index (χ0) is 13.9. The van der Waals surface area contributed by atoms with Crippen molar-refractivity contribution >= 4 is 0 Å². The smallest absolute Gasteiger partial charge is 0.243 e. The first-order valence-corrected chi connectivity index (χ1v) is 6.61. The number of ether oxygens (including phenoxy) is 1. The minimum atomic E-state index is -0.336. The van der Waals surface area contributed by atoms with Crippen LogP contribution in [0, 0.1) is 0 Å². The summed E-state index contributed by atoms with van der Waals surface area (Å²) in [7, 11) is 1.64. The summed E-state index contributed by atoms with van der Waals surface area (Å²) in [5, 5.41) is 16.6. The maximum atomic E-state index is 9.49. The molecule has 6 heteroatoms. The largest absolute Gasteiger partial charge is 0.497 e. The number of hydrogen-bond donors (Lipinski definition) is 2. The summed E-state index contributed by atoms with van der Waals surface area (Å²) < 4.78 is 10.4. The van der Waals surface area contributed by atoms with E-state index >= 15 is 0 Å². The number of rotatable bonds is 4. The highest BCUT2D eigenvalue weighted by Crippen LogP contribution is 2.22. The molecule has 0 unspecified atom stereocenters. The molecule has 1 fully saturated rings. The van der Waals surface area contributed by atoms with Gasteiger partial charge in [-0.1, -0.05) is 17.3 Å². The molecular formula is C14H17N3O3. The van der Waals surface area contributed by atoms with Gasteiger partial charge in [0.15, 0.2) is 5.82 Å². The maximum absolute atomic E-state index is 9.49. The lowest BCUT2D eigenvalue weighted by Gasteiger charge is -2.02. The highest BCUT2D eigenvalue weighted by molar-refractivity contribution is 5.28. The third kappa shape index (κ3) is 2.81. The number of aliphatic hydroxyl groups is 1. The van der Waals surface area contributed by atoms with Crippen LogP contribution in [0.25, 0.3) is 0 Å². The summed E-state index contributed by atoms with van der Waals surface area (Å²) in [6.45, 7) is 0.570. The number of aliphatic hydroxyl groups excluding tert-OH is 1. The molecule has 1 aromatic heterocycles. The predicted octanol–water partition coefficient (Wildman–Crippen LogP) is 1.06. The Hall–Kier alpha value is -1.92. The van der Waals surface area contributed by atoms with Crippen molar-refractivity contribution in [1.29, 1.82) is 0 Å². The Kier molecular flexibility index (Phi) is 3.66. The van der Waals surface area contributed by atoms with Crippen LogP contribution in [-0.4, -0.2) is 35.0 Å². The van der Waals surface area contributed by atoms with Crippen LogP contribution in [0.3, 0.4) is 0 Å². The summed E-state index contributed by atoms with van der Waals surface area (Å²) in [5.41, 5.74) is 1.09. The van der Waals surface area contributed by atoms with E-state index in [1.54, 1.807) is 7.11 Å². The molecule has 1 saturated heterocycles. The van der Waals surface area contributed by atoms with E-state index in [1.165, 1.54) is 0 Å². The van der Waals surface area contributed by atoms with E-state index in [-0.39, 0.29) is 12.1 Å². The van der Waals surface area contributed by atoms with Gasteiger partial charge < -0.3 is 19.7 Å². The quantitative estimate of drug-likeness (QED) is 0.868. The summed E-state index contributed by atoms with van der Waals surface area (Å²) in [5.74, 6) is 2.02. The van der Waals surface area contributed by atoms with Gasteiger partial charge in [-0.3, -0.25) is 0 Å². The number of β-amino-alcohol motifs (C(OH)–C–C–N with tert-alkyl or cyclic N) is 1. The first kappa shape index (κ1) is 13.1. The Bertz CT molecular complexity index is 567. The zero-order valence-corrected chi connectivity index (χ0v) is 11.2. The first-order valence-electron chi connectivity index (χ1n) is 6.61. The van der Waals surface area contributed by atoms with E-state index in [2.05, 4.69) is 15.5 Å². The van der Waals surface area contributed by atoms with Gasteiger partial charge in [-0.25, -0.2) is 0 Å². The molecule has 6 nitrogen and oxygen atoms in total. The van der Waals surface area contributed by atoms with Crippen LogP contribution < -0.4 is 10.1 Å². The molecule has 0 radical (unpaired) electrons. The minimum absolute atomic E-state index is 0.0397. The van der Waals surface area contributed by atoms with Crippen molar-refractivity contribution in [2.45, 2.75) is 25.0 Å². The highest BCUT2D eigenvalue weighted by atomic mass is 16.5. The van der Waals surface area contributed by atoms with Gasteiger partial charge in [0.1, 0.15) is 5.75 Å². The molecule has 0 aliphatic carbocycles. The van der Waals surface area contributed by atoms with Crippen molar-refractivity contribution in [3.8, 4) is 5.75 Å². The van der Waals surface area contributed by atoms with E-state index < -0.39 is 0 Å². The molecular weight excluding hydrogens is 258 g/mol. The Morgan fingerprint density at radius 1 is 1.40 bits per heavy atom. The fourth-order valence-electron chi connectivity index (χ4n) is 2.31. The highest BCUT2D eigenvalue weighted by Gasteiger charge is 2.27. The van der Waals surface area contributed by atoms with Crippen LogP contribution >= 0.6 is 0 Å². The fourth-order valence-corrected chi connectivity index (χ4v) is 2.31. The number of benzene rings is 1. The molecule has 0 spiro atoms. The Morgan fingerprint density at radius 3 is 2.85 bits per heavy atom. The summed E-state index contributed by atoms with van der Waals surface area (Å²) in [4.78, 5) is 4.38. The summed E-state index contributed by atoms with van der Waals surface area (Å²) in [6.07, 6.45) is 0.893. The number of methoxy groups -OCH3 is 1. The van der Waals surface area contributed by atoms with Gasteiger partial charge in [-0.2, -0.15) is 4.98 Å². The second-order valence-electron chi connectivity index (χ2n) is 4.92. The first-order chi connectivity index (χ1) is 9.74. The molecule has 0 bridgehead atoms. The van der Waals surface area contributed by atoms with Gasteiger partial charge in [0.25, 0.3) is 0 Å². The molecule has 2 N–H and O–H groups in total. The number of hydrogen-bond acceptors (Lipinski definition) is 6. The molecule has 2 aromatic rings. The molecule has 0 amide bonds. The van der Waals surface area contributed by atoms with Crippen molar-refractivity contribution in [1.82, 2.24) is 15.5 Å². The lowest BCUT2D eigenvalue weighted by Crippen LogP contribution is -2.15. The molecule has 106 valence electrons. The summed E-state index contributed by atoms with van der Waals surface area (Å²) >= 11 is 0.